The fourth-order valence-electron chi connectivity index (χ4n) is 5.78. The number of nitrogens with zero attached hydrogens (tertiary/aromatic N) is 3. The molecule has 39 heavy (non-hydrogen) atoms. The Hall–Kier alpha value is -3.23. The summed E-state index contributed by atoms with van der Waals surface area (Å²) in [4.78, 5) is 31.9. The molecule has 1 saturated heterocycles. The van der Waals surface area contributed by atoms with Crippen molar-refractivity contribution in [1.29, 1.82) is 0 Å². The molecule has 208 valence electrons. The summed E-state index contributed by atoms with van der Waals surface area (Å²) in [6.07, 6.45) is 7.58. The number of fused-ring (bicyclic) bond motifs is 1. The van der Waals surface area contributed by atoms with Gasteiger partial charge in [0.15, 0.2) is 0 Å². The van der Waals surface area contributed by atoms with E-state index < -0.39 is 11.6 Å². The van der Waals surface area contributed by atoms with Crippen molar-refractivity contribution in [3.05, 3.63) is 64.6 Å². The van der Waals surface area contributed by atoms with E-state index in [0.717, 1.165) is 48.0 Å². The first-order valence-corrected chi connectivity index (χ1v) is 13.8. The third kappa shape index (κ3) is 5.72. The summed E-state index contributed by atoms with van der Waals surface area (Å²) in [6.45, 7) is 9.36. The number of likely N-dealkylation sites (tertiary alicyclic amines) is 1. The van der Waals surface area contributed by atoms with Crippen LogP contribution >= 0.6 is 0 Å². The van der Waals surface area contributed by atoms with E-state index in [4.69, 9.17) is 14.2 Å². The molecule has 0 radical (unpaired) electrons. The number of esters is 1. The number of hydrogen-bond acceptors (Lipinski definition) is 7. The highest BCUT2D eigenvalue weighted by Gasteiger charge is 2.34. The maximum atomic E-state index is 13.1. The molecule has 8 nitrogen and oxygen atoms in total. The van der Waals surface area contributed by atoms with E-state index in [0.29, 0.717) is 11.6 Å². The number of benzene rings is 1. The van der Waals surface area contributed by atoms with Crippen LogP contribution in [0.5, 0.6) is 0 Å². The van der Waals surface area contributed by atoms with Gasteiger partial charge in [0.1, 0.15) is 11.3 Å². The number of piperidine rings is 1. The van der Waals surface area contributed by atoms with Crippen molar-refractivity contribution in [3.8, 4) is 0 Å². The predicted octanol–water partition coefficient (Wildman–Crippen LogP) is 6.14. The molecule has 2 fully saturated rings. The van der Waals surface area contributed by atoms with Gasteiger partial charge in [-0.1, -0.05) is 12.1 Å². The number of methoxy groups -OCH3 is 2. The Balaban J connectivity index is 1.53. The Morgan fingerprint density at radius 1 is 1.10 bits per heavy atom. The fraction of sp³-hybridized carbons (Fsp3) is 0.516. The molecule has 1 aliphatic heterocycles. The van der Waals surface area contributed by atoms with Crippen LogP contribution in [0.25, 0.3) is 10.9 Å². The maximum Gasteiger partial charge on any atom is 0.418 e. The van der Waals surface area contributed by atoms with Crippen LogP contribution in [0.15, 0.2) is 36.7 Å². The highest BCUT2D eigenvalue weighted by atomic mass is 16.6. The van der Waals surface area contributed by atoms with Crippen molar-refractivity contribution >= 4 is 23.0 Å². The van der Waals surface area contributed by atoms with Gasteiger partial charge in [0.25, 0.3) is 0 Å². The van der Waals surface area contributed by atoms with E-state index in [9.17, 15) is 9.59 Å². The van der Waals surface area contributed by atoms with Crippen LogP contribution in [-0.4, -0.2) is 59.0 Å². The van der Waals surface area contributed by atoms with Crippen molar-refractivity contribution in [3.63, 3.8) is 0 Å². The summed E-state index contributed by atoms with van der Waals surface area (Å²) in [6, 6.07) is 8.13. The van der Waals surface area contributed by atoms with E-state index in [-0.39, 0.29) is 18.2 Å². The minimum atomic E-state index is -0.575. The quantitative estimate of drug-likeness (QED) is 0.352. The normalized spacial score (nSPS) is 20.3. The number of carbonyl (C=O) groups excluding carboxylic acids is 2. The molecule has 2 aliphatic rings. The van der Waals surface area contributed by atoms with Crippen LogP contribution in [0.3, 0.4) is 0 Å². The van der Waals surface area contributed by atoms with Crippen molar-refractivity contribution < 1.29 is 23.8 Å². The molecule has 3 heterocycles. The number of aryl methyl sites for hydroxylation is 1. The highest BCUT2D eigenvalue weighted by Crippen LogP contribution is 2.46. The zero-order valence-corrected chi connectivity index (χ0v) is 23.8. The zero-order valence-electron chi connectivity index (χ0n) is 23.8. The number of hydrogen-bond donors (Lipinski definition) is 0. The average Bonchev–Trinajstić information content (AvgIpc) is 3.66. The Morgan fingerprint density at radius 2 is 1.87 bits per heavy atom. The third-order valence-electron chi connectivity index (χ3n) is 7.84. The minimum absolute atomic E-state index is 0.0826. The van der Waals surface area contributed by atoms with Crippen LogP contribution in [0.4, 0.5) is 4.79 Å². The highest BCUT2D eigenvalue weighted by molar-refractivity contribution is 5.94. The van der Waals surface area contributed by atoms with Crippen molar-refractivity contribution in [1.82, 2.24) is 14.5 Å². The first kappa shape index (κ1) is 27.3. The van der Waals surface area contributed by atoms with Crippen LogP contribution in [0.1, 0.15) is 91.2 Å². The van der Waals surface area contributed by atoms with Gasteiger partial charge >= 0.3 is 12.1 Å². The topological polar surface area (TPSA) is 82.9 Å². The monoisotopic (exact) mass is 533 g/mol. The molecule has 2 aromatic heterocycles. The molecule has 3 aromatic rings. The lowest BCUT2D eigenvalue weighted by Gasteiger charge is -2.39. The molecule has 1 aliphatic carbocycles. The fourth-order valence-corrected chi connectivity index (χ4v) is 5.78. The molecule has 0 N–H and O–H groups in total. The molecule has 2 unspecified atom stereocenters. The SMILES string of the molecule is COC(=O)c1ccc(C2CC(OC)CCN2Cc2c(C3CC3)cc(C)c3c2ccn3C(=O)OC(C)(C)C)cn1. The lowest BCUT2D eigenvalue weighted by molar-refractivity contribution is 0.00677. The second kappa shape index (κ2) is 10.7. The van der Waals surface area contributed by atoms with E-state index in [2.05, 4.69) is 28.9 Å². The number of aromatic nitrogens is 2. The van der Waals surface area contributed by atoms with Gasteiger partial charge in [-0.3, -0.25) is 9.47 Å². The van der Waals surface area contributed by atoms with Gasteiger partial charge in [-0.15, -0.1) is 0 Å². The van der Waals surface area contributed by atoms with Crippen molar-refractivity contribution in [2.24, 2.45) is 0 Å². The van der Waals surface area contributed by atoms with Gasteiger partial charge in [-0.25, -0.2) is 14.6 Å². The summed E-state index contributed by atoms with van der Waals surface area (Å²) in [5.41, 5.74) is 5.43. The van der Waals surface area contributed by atoms with Crippen LogP contribution in [0.2, 0.25) is 0 Å². The molecule has 1 aromatic carbocycles. The molecule has 0 amide bonds. The summed E-state index contributed by atoms with van der Waals surface area (Å²) >= 11 is 0. The molecule has 8 heteroatoms. The van der Waals surface area contributed by atoms with Crippen LogP contribution < -0.4 is 0 Å². The maximum absolute atomic E-state index is 13.1. The Morgan fingerprint density at radius 3 is 2.49 bits per heavy atom. The van der Waals surface area contributed by atoms with Gasteiger partial charge in [0.05, 0.1) is 18.7 Å². The Labute approximate surface area is 230 Å². The van der Waals surface area contributed by atoms with Crippen molar-refractivity contribution in [2.45, 2.75) is 83.6 Å². The number of rotatable bonds is 6. The molecule has 0 spiro atoms. The van der Waals surface area contributed by atoms with E-state index in [1.165, 1.54) is 31.1 Å². The summed E-state index contributed by atoms with van der Waals surface area (Å²) < 4.78 is 18.0. The minimum Gasteiger partial charge on any atom is -0.464 e. The molecule has 2 atom stereocenters. The summed E-state index contributed by atoms with van der Waals surface area (Å²) in [7, 11) is 3.13. The summed E-state index contributed by atoms with van der Waals surface area (Å²) in [5.74, 6) is 0.117. The Bertz CT molecular complexity index is 1370. The number of ether oxygens (including phenoxy) is 3. The van der Waals surface area contributed by atoms with Gasteiger partial charge in [0.2, 0.25) is 0 Å². The molecular formula is C31H39N3O5. The van der Waals surface area contributed by atoms with Gasteiger partial charge < -0.3 is 14.2 Å². The molecular weight excluding hydrogens is 494 g/mol. The molecule has 1 saturated carbocycles. The van der Waals surface area contributed by atoms with Crippen molar-refractivity contribution in [2.75, 3.05) is 20.8 Å². The van der Waals surface area contributed by atoms with Gasteiger partial charge in [0, 0.05) is 44.0 Å². The number of pyridine rings is 1. The van der Waals surface area contributed by atoms with Gasteiger partial charge in [-0.2, -0.15) is 0 Å². The first-order chi connectivity index (χ1) is 18.6. The summed E-state index contributed by atoms with van der Waals surface area (Å²) in [5, 5.41) is 1.11. The smallest absolute Gasteiger partial charge is 0.418 e. The number of carbonyl (C=O) groups is 2. The average molecular weight is 534 g/mol. The van der Waals surface area contributed by atoms with Gasteiger partial charge in [-0.05, 0) is 93.7 Å². The Kier molecular flexibility index (Phi) is 7.53. The molecule has 0 bridgehead atoms. The largest absolute Gasteiger partial charge is 0.464 e. The van der Waals surface area contributed by atoms with E-state index in [1.807, 2.05) is 33.0 Å². The molecule has 5 rings (SSSR count). The standard InChI is InChI=1S/C31H39N3O5/c1-19-15-24(20-7-8-20)25(23-12-14-34(28(19)23)30(36)39-31(2,3)4)18-33-13-11-22(37-5)16-27(33)21-9-10-26(32-17-21)29(35)38-6/h9-10,12,14-15,17,20,22,27H,7-8,11,13,16,18H2,1-6H3. The lowest BCUT2D eigenvalue weighted by Crippen LogP contribution is -2.39. The predicted molar refractivity (Wildman–Crippen MR) is 149 cm³/mol. The van der Waals surface area contributed by atoms with E-state index in [1.54, 1.807) is 23.9 Å². The zero-order chi connectivity index (χ0) is 27.9. The second-order valence-corrected chi connectivity index (χ2v) is 11.8. The van der Waals surface area contributed by atoms with Crippen LogP contribution in [0, 0.1) is 6.92 Å². The lowest BCUT2D eigenvalue weighted by atomic mass is 9.91. The third-order valence-corrected chi connectivity index (χ3v) is 7.84. The van der Waals surface area contributed by atoms with E-state index >= 15 is 0 Å². The van der Waals surface area contributed by atoms with Crippen LogP contribution in [-0.2, 0) is 20.8 Å². The first-order valence-electron chi connectivity index (χ1n) is 13.8. The second-order valence-electron chi connectivity index (χ2n) is 11.8.